The van der Waals surface area contributed by atoms with Crippen LogP contribution >= 0.6 is 0 Å². The lowest BCUT2D eigenvalue weighted by atomic mass is 10.1. The number of aromatic carboxylic acids is 1. The Bertz CT molecular complexity index is 786. The third-order valence-electron chi connectivity index (χ3n) is 3.64. The molecule has 0 saturated carbocycles. The molecule has 2 aromatic rings. The van der Waals surface area contributed by atoms with Crippen molar-refractivity contribution in [1.82, 2.24) is 0 Å². The van der Waals surface area contributed by atoms with Crippen LogP contribution in [0.15, 0.2) is 48.5 Å². The Morgan fingerprint density at radius 3 is 2.38 bits per heavy atom. The van der Waals surface area contributed by atoms with Crippen molar-refractivity contribution >= 4 is 23.3 Å². The van der Waals surface area contributed by atoms with Gasteiger partial charge in [0.1, 0.15) is 5.75 Å². The molecule has 2 aromatic carbocycles. The summed E-state index contributed by atoms with van der Waals surface area (Å²) in [7, 11) is 0. The number of carboxylic acids is 1. The second-order valence-electron chi connectivity index (χ2n) is 5.70. The van der Waals surface area contributed by atoms with Gasteiger partial charge < -0.3 is 15.2 Å². The molecular formula is C20H21NO5. The molecule has 0 aromatic heterocycles. The summed E-state index contributed by atoms with van der Waals surface area (Å²) in [6.45, 7) is 2.39. The fourth-order valence-corrected chi connectivity index (χ4v) is 2.31. The van der Waals surface area contributed by atoms with Crippen molar-refractivity contribution in [2.24, 2.45) is 0 Å². The molecule has 6 nitrogen and oxygen atoms in total. The Balaban J connectivity index is 2.03. The Kier molecular flexibility index (Phi) is 6.91. The standard InChI is InChI=1S/C20H21NO5/c1-2-12-26-18-10-8-15(20(24)25)13-16(18)21-19(23)11-9-17(22)14-6-4-3-5-7-14/h3-8,10,13H,2,9,11-12H2,1H3,(H,21,23)(H,24,25). The first-order chi connectivity index (χ1) is 12.5. The first-order valence-electron chi connectivity index (χ1n) is 8.39. The van der Waals surface area contributed by atoms with Gasteiger partial charge in [0.15, 0.2) is 5.78 Å². The molecule has 0 heterocycles. The first-order valence-corrected chi connectivity index (χ1v) is 8.39. The molecule has 0 aliphatic carbocycles. The summed E-state index contributed by atoms with van der Waals surface area (Å²) in [5.74, 6) is -1.19. The van der Waals surface area contributed by atoms with E-state index >= 15 is 0 Å². The van der Waals surface area contributed by atoms with E-state index in [1.165, 1.54) is 18.2 Å². The largest absolute Gasteiger partial charge is 0.491 e. The minimum Gasteiger partial charge on any atom is -0.491 e. The summed E-state index contributed by atoms with van der Waals surface area (Å²) >= 11 is 0. The van der Waals surface area contributed by atoms with Crippen LogP contribution in [0.1, 0.15) is 46.9 Å². The molecule has 1 amide bonds. The lowest BCUT2D eigenvalue weighted by molar-refractivity contribution is -0.116. The van der Waals surface area contributed by atoms with E-state index in [1.807, 2.05) is 13.0 Å². The average Bonchev–Trinajstić information content (AvgIpc) is 2.65. The molecule has 2 N–H and O–H groups in total. The van der Waals surface area contributed by atoms with Gasteiger partial charge in [0.2, 0.25) is 5.91 Å². The van der Waals surface area contributed by atoms with Gasteiger partial charge in [-0.2, -0.15) is 0 Å². The van der Waals surface area contributed by atoms with Crippen LogP contribution in [-0.4, -0.2) is 29.4 Å². The quantitative estimate of drug-likeness (QED) is 0.668. The molecule has 0 aliphatic rings. The number of anilines is 1. The Hall–Kier alpha value is -3.15. The van der Waals surface area contributed by atoms with Gasteiger partial charge in [-0.05, 0) is 24.6 Å². The molecule has 0 bridgehead atoms. The van der Waals surface area contributed by atoms with Crippen molar-refractivity contribution in [2.45, 2.75) is 26.2 Å². The van der Waals surface area contributed by atoms with Crippen molar-refractivity contribution in [1.29, 1.82) is 0 Å². The highest BCUT2D eigenvalue weighted by Crippen LogP contribution is 2.26. The van der Waals surface area contributed by atoms with Gasteiger partial charge in [-0.1, -0.05) is 37.3 Å². The zero-order valence-corrected chi connectivity index (χ0v) is 14.5. The van der Waals surface area contributed by atoms with Gasteiger partial charge in [-0.25, -0.2) is 4.79 Å². The lowest BCUT2D eigenvalue weighted by Crippen LogP contribution is -2.15. The smallest absolute Gasteiger partial charge is 0.335 e. The number of ether oxygens (including phenoxy) is 1. The molecule has 0 spiro atoms. The van der Waals surface area contributed by atoms with Crippen molar-refractivity contribution in [3.05, 3.63) is 59.7 Å². The normalized spacial score (nSPS) is 10.2. The van der Waals surface area contributed by atoms with Gasteiger partial charge >= 0.3 is 5.97 Å². The van der Waals surface area contributed by atoms with E-state index in [9.17, 15) is 14.4 Å². The SMILES string of the molecule is CCCOc1ccc(C(=O)O)cc1NC(=O)CCC(=O)c1ccccc1. The summed E-state index contributed by atoms with van der Waals surface area (Å²) < 4.78 is 5.54. The Labute approximate surface area is 151 Å². The number of carboxylic acid groups (broad SMARTS) is 1. The Morgan fingerprint density at radius 2 is 1.73 bits per heavy atom. The third kappa shape index (κ3) is 5.44. The summed E-state index contributed by atoms with van der Waals surface area (Å²) in [5.41, 5.74) is 0.889. The summed E-state index contributed by atoms with van der Waals surface area (Å²) in [4.78, 5) is 35.4. The number of Topliss-reactive ketones (excluding diaryl/α,β-unsaturated/α-hetero) is 1. The minimum atomic E-state index is -1.10. The number of carbonyl (C=O) groups excluding carboxylic acids is 2. The van der Waals surface area contributed by atoms with Gasteiger partial charge in [-0.3, -0.25) is 9.59 Å². The van der Waals surface area contributed by atoms with Crippen LogP contribution in [0.25, 0.3) is 0 Å². The molecule has 0 aliphatic heterocycles. The van der Waals surface area contributed by atoms with E-state index in [0.717, 1.165) is 6.42 Å². The lowest BCUT2D eigenvalue weighted by Gasteiger charge is -2.13. The number of nitrogens with one attached hydrogen (secondary N) is 1. The molecule has 26 heavy (non-hydrogen) atoms. The van der Waals surface area contributed by atoms with Crippen LogP contribution in [0.4, 0.5) is 5.69 Å². The topological polar surface area (TPSA) is 92.7 Å². The second kappa shape index (κ2) is 9.36. The maximum atomic E-state index is 12.2. The number of ketones is 1. The number of rotatable bonds is 9. The van der Waals surface area contributed by atoms with Crippen LogP contribution < -0.4 is 10.1 Å². The molecule has 136 valence electrons. The van der Waals surface area contributed by atoms with Crippen LogP contribution in [-0.2, 0) is 4.79 Å². The molecule has 0 unspecified atom stereocenters. The number of benzene rings is 2. The van der Waals surface area contributed by atoms with Crippen molar-refractivity contribution < 1.29 is 24.2 Å². The van der Waals surface area contributed by atoms with Gasteiger partial charge in [0.05, 0.1) is 17.9 Å². The fourth-order valence-electron chi connectivity index (χ4n) is 2.31. The van der Waals surface area contributed by atoms with Crippen molar-refractivity contribution in [2.75, 3.05) is 11.9 Å². The average molecular weight is 355 g/mol. The first kappa shape index (κ1) is 19.2. The third-order valence-corrected chi connectivity index (χ3v) is 3.64. The van der Waals surface area contributed by atoms with E-state index < -0.39 is 5.97 Å². The van der Waals surface area contributed by atoms with Crippen LogP contribution in [0.3, 0.4) is 0 Å². The highest BCUT2D eigenvalue weighted by atomic mass is 16.5. The van der Waals surface area contributed by atoms with Gasteiger partial charge in [0.25, 0.3) is 0 Å². The monoisotopic (exact) mass is 355 g/mol. The highest BCUT2D eigenvalue weighted by molar-refractivity contribution is 6.01. The zero-order valence-electron chi connectivity index (χ0n) is 14.5. The van der Waals surface area contributed by atoms with E-state index in [1.54, 1.807) is 24.3 Å². The number of amides is 1. The molecule has 6 heteroatoms. The van der Waals surface area contributed by atoms with Crippen LogP contribution in [0.2, 0.25) is 0 Å². The molecule has 0 fully saturated rings. The van der Waals surface area contributed by atoms with E-state index in [0.29, 0.717) is 17.9 Å². The molecule has 0 saturated heterocycles. The summed E-state index contributed by atoms with van der Waals surface area (Å²) in [6.07, 6.45) is 0.845. The molecule has 0 atom stereocenters. The van der Waals surface area contributed by atoms with Gasteiger partial charge in [-0.15, -0.1) is 0 Å². The molecule has 2 rings (SSSR count). The van der Waals surface area contributed by atoms with E-state index in [4.69, 9.17) is 9.84 Å². The van der Waals surface area contributed by atoms with E-state index in [2.05, 4.69) is 5.32 Å². The van der Waals surface area contributed by atoms with E-state index in [-0.39, 0.29) is 35.8 Å². The number of hydrogen-bond donors (Lipinski definition) is 2. The number of hydrogen-bond acceptors (Lipinski definition) is 4. The molecular weight excluding hydrogens is 334 g/mol. The maximum absolute atomic E-state index is 12.2. The maximum Gasteiger partial charge on any atom is 0.335 e. The second-order valence-corrected chi connectivity index (χ2v) is 5.70. The van der Waals surface area contributed by atoms with Crippen LogP contribution in [0, 0.1) is 0 Å². The fraction of sp³-hybridized carbons (Fsp3) is 0.250. The highest BCUT2D eigenvalue weighted by Gasteiger charge is 2.14. The van der Waals surface area contributed by atoms with Crippen LogP contribution in [0.5, 0.6) is 5.75 Å². The molecule has 0 radical (unpaired) electrons. The predicted molar refractivity (Wildman–Crippen MR) is 97.8 cm³/mol. The summed E-state index contributed by atoms with van der Waals surface area (Å²) in [5, 5.41) is 11.8. The predicted octanol–water partition coefficient (Wildman–Crippen LogP) is 3.78. The summed E-state index contributed by atoms with van der Waals surface area (Å²) in [6, 6.07) is 13.0. The zero-order chi connectivity index (χ0) is 18.9. The van der Waals surface area contributed by atoms with Gasteiger partial charge in [0, 0.05) is 18.4 Å². The van der Waals surface area contributed by atoms with Crippen molar-refractivity contribution in [3.8, 4) is 5.75 Å². The van der Waals surface area contributed by atoms with Crippen molar-refractivity contribution in [3.63, 3.8) is 0 Å². The minimum absolute atomic E-state index is 0.00174. The Morgan fingerprint density at radius 1 is 1.00 bits per heavy atom. The number of carbonyl (C=O) groups is 3.